The lowest BCUT2D eigenvalue weighted by Gasteiger charge is -2.18. The van der Waals surface area contributed by atoms with E-state index in [0.29, 0.717) is 0 Å². The summed E-state index contributed by atoms with van der Waals surface area (Å²) in [5, 5.41) is 4.12. The second-order valence-corrected chi connectivity index (χ2v) is 4.63. The van der Waals surface area contributed by atoms with Gasteiger partial charge in [-0.15, -0.1) is 0 Å². The van der Waals surface area contributed by atoms with E-state index >= 15 is 0 Å². The van der Waals surface area contributed by atoms with Crippen molar-refractivity contribution in [2.75, 3.05) is 7.05 Å². The molecule has 2 aromatic rings. The van der Waals surface area contributed by atoms with Crippen LogP contribution in [0.2, 0.25) is 5.02 Å². The zero-order valence-corrected chi connectivity index (χ0v) is 10.8. The second-order valence-electron chi connectivity index (χ2n) is 4.19. The van der Waals surface area contributed by atoms with Crippen LogP contribution in [0.1, 0.15) is 22.7 Å². The average molecular weight is 246 g/mol. The van der Waals surface area contributed by atoms with E-state index in [0.717, 1.165) is 5.02 Å². The number of nitrogens with one attached hydrogen (secondary N) is 1. The average Bonchev–Trinajstić information content (AvgIpc) is 2.30. The molecule has 2 heteroatoms. The Labute approximate surface area is 107 Å². The molecular weight excluding hydrogens is 230 g/mol. The van der Waals surface area contributed by atoms with Crippen molar-refractivity contribution >= 4 is 11.6 Å². The number of rotatable bonds is 3. The Morgan fingerprint density at radius 2 is 1.71 bits per heavy atom. The molecule has 0 bridgehead atoms. The molecule has 17 heavy (non-hydrogen) atoms. The van der Waals surface area contributed by atoms with E-state index in [9.17, 15) is 0 Å². The van der Waals surface area contributed by atoms with Gasteiger partial charge in [0.25, 0.3) is 0 Å². The molecule has 0 aliphatic rings. The standard InChI is InChI=1S/C15H16ClN/c1-11-8-13(10-14(16)9-11)15(17-2)12-6-4-3-5-7-12/h3-10,15,17H,1-2H3. The first kappa shape index (κ1) is 12.2. The maximum Gasteiger partial charge on any atom is 0.0574 e. The van der Waals surface area contributed by atoms with Crippen molar-refractivity contribution in [3.8, 4) is 0 Å². The molecule has 0 spiro atoms. The number of hydrogen-bond acceptors (Lipinski definition) is 1. The molecule has 0 saturated carbocycles. The molecule has 0 amide bonds. The van der Waals surface area contributed by atoms with Crippen molar-refractivity contribution in [2.45, 2.75) is 13.0 Å². The summed E-state index contributed by atoms with van der Waals surface area (Å²) < 4.78 is 0. The van der Waals surface area contributed by atoms with Gasteiger partial charge in [-0.3, -0.25) is 0 Å². The first-order chi connectivity index (χ1) is 8.20. The van der Waals surface area contributed by atoms with E-state index in [1.807, 2.05) is 25.2 Å². The number of benzene rings is 2. The highest BCUT2D eigenvalue weighted by Gasteiger charge is 2.12. The summed E-state index contributed by atoms with van der Waals surface area (Å²) in [6.07, 6.45) is 0. The van der Waals surface area contributed by atoms with Crippen LogP contribution in [0.25, 0.3) is 0 Å². The van der Waals surface area contributed by atoms with Gasteiger partial charge >= 0.3 is 0 Å². The lowest BCUT2D eigenvalue weighted by molar-refractivity contribution is 0.691. The van der Waals surface area contributed by atoms with Gasteiger partial charge in [0, 0.05) is 5.02 Å². The van der Waals surface area contributed by atoms with Crippen LogP contribution in [-0.4, -0.2) is 7.05 Å². The Kier molecular flexibility index (Phi) is 3.82. The van der Waals surface area contributed by atoms with Crippen LogP contribution in [-0.2, 0) is 0 Å². The van der Waals surface area contributed by atoms with Gasteiger partial charge in [-0.2, -0.15) is 0 Å². The molecular formula is C15H16ClN. The van der Waals surface area contributed by atoms with Gasteiger partial charge in [-0.25, -0.2) is 0 Å². The Hall–Kier alpha value is -1.31. The van der Waals surface area contributed by atoms with E-state index in [4.69, 9.17) is 11.6 Å². The summed E-state index contributed by atoms with van der Waals surface area (Å²) in [5.74, 6) is 0. The predicted octanol–water partition coefficient (Wildman–Crippen LogP) is 3.96. The van der Waals surface area contributed by atoms with Crippen LogP contribution >= 0.6 is 11.6 Å². The van der Waals surface area contributed by atoms with Crippen LogP contribution in [0.5, 0.6) is 0 Å². The molecule has 2 aromatic carbocycles. The number of halogens is 1. The highest BCUT2D eigenvalue weighted by molar-refractivity contribution is 6.30. The summed E-state index contributed by atoms with van der Waals surface area (Å²) in [6, 6.07) is 16.7. The highest BCUT2D eigenvalue weighted by Crippen LogP contribution is 2.25. The number of hydrogen-bond donors (Lipinski definition) is 1. The third-order valence-electron chi connectivity index (χ3n) is 2.82. The quantitative estimate of drug-likeness (QED) is 0.863. The normalized spacial score (nSPS) is 12.4. The van der Waals surface area contributed by atoms with Gasteiger partial charge in [0.2, 0.25) is 0 Å². The van der Waals surface area contributed by atoms with Gasteiger partial charge in [0.15, 0.2) is 0 Å². The van der Waals surface area contributed by atoms with E-state index in [-0.39, 0.29) is 6.04 Å². The van der Waals surface area contributed by atoms with Crippen LogP contribution in [0.3, 0.4) is 0 Å². The zero-order chi connectivity index (χ0) is 12.3. The summed E-state index contributed by atoms with van der Waals surface area (Å²) in [7, 11) is 1.97. The van der Waals surface area contributed by atoms with Crippen molar-refractivity contribution < 1.29 is 0 Å². The number of aryl methyl sites for hydroxylation is 1. The molecule has 1 unspecified atom stereocenters. The molecule has 0 aromatic heterocycles. The van der Waals surface area contributed by atoms with Crippen LogP contribution < -0.4 is 5.32 Å². The fourth-order valence-electron chi connectivity index (χ4n) is 2.10. The largest absolute Gasteiger partial charge is 0.309 e. The molecule has 1 N–H and O–H groups in total. The predicted molar refractivity (Wildman–Crippen MR) is 73.5 cm³/mol. The zero-order valence-electron chi connectivity index (χ0n) is 10.1. The first-order valence-electron chi connectivity index (χ1n) is 5.70. The maximum absolute atomic E-state index is 6.11. The lowest BCUT2D eigenvalue weighted by atomic mass is 9.97. The Balaban J connectivity index is 2.42. The second kappa shape index (κ2) is 5.35. The van der Waals surface area contributed by atoms with Gasteiger partial charge in [0.05, 0.1) is 6.04 Å². The molecule has 0 fully saturated rings. The molecule has 0 radical (unpaired) electrons. The maximum atomic E-state index is 6.11. The summed E-state index contributed by atoms with van der Waals surface area (Å²) in [4.78, 5) is 0. The molecule has 0 aliphatic heterocycles. The van der Waals surface area contributed by atoms with Gasteiger partial charge in [-0.05, 0) is 42.8 Å². The third-order valence-corrected chi connectivity index (χ3v) is 3.04. The Morgan fingerprint density at radius 1 is 1.00 bits per heavy atom. The van der Waals surface area contributed by atoms with E-state index in [1.165, 1.54) is 16.7 Å². The van der Waals surface area contributed by atoms with Crippen molar-refractivity contribution in [3.05, 3.63) is 70.2 Å². The molecule has 0 aliphatic carbocycles. The minimum Gasteiger partial charge on any atom is -0.309 e. The van der Waals surface area contributed by atoms with Crippen molar-refractivity contribution in [3.63, 3.8) is 0 Å². The van der Waals surface area contributed by atoms with Crippen LogP contribution in [0.15, 0.2) is 48.5 Å². The molecule has 0 saturated heterocycles. The van der Waals surface area contributed by atoms with Crippen molar-refractivity contribution in [2.24, 2.45) is 0 Å². The molecule has 1 nitrogen and oxygen atoms in total. The summed E-state index contributed by atoms with van der Waals surface area (Å²) >= 11 is 6.11. The minimum absolute atomic E-state index is 0.189. The fourth-order valence-corrected chi connectivity index (χ4v) is 2.40. The fraction of sp³-hybridized carbons (Fsp3) is 0.200. The molecule has 2 rings (SSSR count). The molecule has 1 atom stereocenters. The smallest absolute Gasteiger partial charge is 0.0574 e. The highest BCUT2D eigenvalue weighted by atomic mass is 35.5. The monoisotopic (exact) mass is 245 g/mol. The molecule has 0 heterocycles. The summed E-state index contributed by atoms with van der Waals surface area (Å²) in [6.45, 7) is 2.06. The SMILES string of the molecule is CNC(c1ccccc1)c1cc(C)cc(Cl)c1. The van der Waals surface area contributed by atoms with Crippen LogP contribution in [0, 0.1) is 6.92 Å². The Bertz CT molecular complexity index is 473. The van der Waals surface area contributed by atoms with Crippen molar-refractivity contribution in [1.29, 1.82) is 0 Å². The topological polar surface area (TPSA) is 12.0 Å². The third kappa shape index (κ3) is 2.87. The molecule has 88 valence electrons. The van der Waals surface area contributed by atoms with E-state index < -0.39 is 0 Å². The van der Waals surface area contributed by atoms with Crippen molar-refractivity contribution in [1.82, 2.24) is 5.32 Å². The minimum atomic E-state index is 0.189. The van der Waals surface area contributed by atoms with Gasteiger partial charge in [-0.1, -0.05) is 48.0 Å². The lowest BCUT2D eigenvalue weighted by Crippen LogP contribution is -2.17. The first-order valence-corrected chi connectivity index (χ1v) is 6.08. The Morgan fingerprint density at radius 3 is 2.29 bits per heavy atom. The summed E-state index contributed by atoms with van der Waals surface area (Å²) in [5.41, 5.74) is 3.63. The van der Waals surface area contributed by atoms with Crippen LogP contribution in [0.4, 0.5) is 0 Å². The van der Waals surface area contributed by atoms with E-state index in [2.05, 4.69) is 42.6 Å². The van der Waals surface area contributed by atoms with Gasteiger partial charge < -0.3 is 5.32 Å². The van der Waals surface area contributed by atoms with E-state index in [1.54, 1.807) is 0 Å². The van der Waals surface area contributed by atoms with Gasteiger partial charge in [0.1, 0.15) is 0 Å².